The van der Waals surface area contributed by atoms with Gasteiger partial charge in [0.25, 0.3) is 5.91 Å². The van der Waals surface area contributed by atoms with Gasteiger partial charge in [-0.25, -0.2) is 0 Å². The van der Waals surface area contributed by atoms with E-state index in [1.807, 2.05) is 39.0 Å². The molecule has 0 radical (unpaired) electrons. The Morgan fingerprint density at radius 2 is 1.57 bits per heavy atom. The maximum atomic E-state index is 13.6. The fourth-order valence-corrected chi connectivity index (χ4v) is 4.43. The fourth-order valence-electron chi connectivity index (χ4n) is 4.43. The second-order valence-electron chi connectivity index (χ2n) is 8.62. The molecule has 3 rings (SSSR count). The minimum atomic E-state index is -0.784. The maximum Gasteiger partial charge on any atom is 0.295 e. The lowest BCUT2D eigenvalue weighted by molar-refractivity contribution is -0.895. The molecular formula is C28H36N2O5. The monoisotopic (exact) mass is 480 g/mol. The summed E-state index contributed by atoms with van der Waals surface area (Å²) in [5.41, 5.74) is 2.04. The topological polar surface area (TPSA) is 83.3 Å². The summed E-state index contributed by atoms with van der Waals surface area (Å²) < 4.78 is 11.5. The van der Waals surface area contributed by atoms with Crippen molar-refractivity contribution in [3.8, 4) is 11.5 Å². The van der Waals surface area contributed by atoms with Crippen molar-refractivity contribution in [2.75, 3.05) is 39.4 Å². The van der Waals surface area contributed by atoms with E-state index >= 15 is 0 Å². The van der Waals surface area contributed by atoms with E-state index in [9.17, 15) is 14.7 Å². The molecule has 1 fully saturated rings. The van der Waals surface area contributed by atoms with Gasteiger partial charge in [-0.1, -0.05) is 41.7 Å². The number of ether oxygens (including phenoxy) is 2. The molecule has 188 valence electrons. The van der Waals surface area contributed by atoms with E-state index in [1.54, 1.807) is 29.2 Å². The third kappa shape index (κ3) is 5.68. The highest BCUT2D eigenvalue weighted by molar-refractivity contribution is 6.46. The number of benzene rings is 2. The molecule has 1 heterocycles. The lowest BCUT2D eigenvalue weighted by Gasteiger charge is -2.29. The van der Waals surface area contributed by atoms with E-state index in [0.717, 1.165) is 18.7 Å². The van der Waals surface area contributed by atoms with Crippen LogP contribution in [0.3, 0.4) is 0 Å². The molecule has 1 aliphatic heterocycles. The van der Waals surface area contributed by atoms with Crippen molar-refractivity contribution in [1.29, 1.82) is 0 Å². The Morgan fingerprint density at radius 3 is 2.17 bits per heavy atom. The van der Waals surface area contributed by atoms with Crippen LogP contribution in [0.4, 0.5) is 0 Å². The summed E-state index contributed by atoms with van der Waals surface area (Å²) in [6.07, 6.45) is 0. The van der Waals surface area contributed by atoms with Gasteiger partial charge in [0.2, 0.25) is 5.78 Å². The van der Waals surface area contributed by atoms with Crippen LogP contribution in [0.15, 0.2) is 48.0 Å². The maximum absolute atomic E-state index is 13.6. The summed E-state index contributed by atoms with van der Waals surface area (Å²) in [5.74, 6) is -0.682. The number of nitrogens with one attached hydrogen (secondary N) is 1. The highest BCUT2D eigenvalue weighted by atomic mass is 16.5. The molecule has 7 nitrogen and oxygen atoms in total. The number of rotatable bonds is 11. The van der Waals surface area contributed by atoms with Crippen molar-refractivity contribution >= 4 is 17.4 Å². The Kier molecular flexibility index (Phi) is 8.93. The molecule has 1 N–H and O–H groups in total. The summed E-state index contributed by atoms with van der Waals surface area (Å²) in [4.78, 5) is 29.3. The van der Waals surface area contributed by atoms with Gasteiger partial charge in [-0.15, -0.1) is 0 Å². The molecule has 0 aromatic heterocycles. The number of quaternary nitrogens is 1. The highest BCUT2D eigenvalue weighted by Crippen LogP contribution is 2.41. The van der Waals surface area contributed by atoms with Crippen molar-refractivity contribution in [1.82, 2.24) is 4.90 Å². The van der Waals surface area contributed by atoms with Crippen molar-refractivity contribution in [2.45, 2.75) is 40.7 Å². The third-order valence-corrected chi connectivity index (χ3v) is 6.43. The Labute approximate surface area is 207 Å². The van der Waals surface area contributed by atoms with Crippen LogP contribution in [0.5, 0.6) is 11.5 Å². The van der Waals surface area contributed by atoms with Gasteiger partial charge < -0.3 is 24.4 Å². The normalized spacial score (nSPS) is 17.3. The molecule has 2 aromatic carbocycles. The van der Waals surface area contributed by atoms with Gasteiger partial charge in [-0.05, 0) is 57.9 Å². The molecule has 7 heteroatoms. The van der Waals surface area contributed by atoms with Gasteiger partial charge in [-0.2, -0.15) is 0 Å². The van der Waals surface area contributed by atoms with E-state index in [2.05, 4.69) is 13.8 Å². The number of carbonyl (C=O) groups is 2. The quantitative estimate of drug-likeness (QED) is 0.302. The third-order valence-electron chi connectivity index (χ3n) is 6.43. The number of likely N-dealkylation sites (N-methyl/N-ethyl adjacent to an activating group) is 1. The smallest absolute Gasteiger partial charge is 0.295 e. The summed E-state index contributed by atoms with van der Waals surface area (Å²) >= 11 is 0. The molecule has 1 atom stereocenters. The predicted octanol–water partition coefficient (Wildman–Crippen LogP) is 1.94. The first-order valence-corrected chi connectivity index (χ1v) is 12.4. The molecular weight excluding hydrogens is 444 g/mol. The number of carbonyl (C=O) groups excluding carboxylic acids is 2. The van der Waals surface area contributed by atoms with Crippen molar-refractivity contribution in [2.24, 2.45) is 0 Å². The largest absolute Gasteiger partial charge is 0.872 e. The number of hydrogen-bond acceptors (Lipinski definition) is 5. The van der Waals surface area contributed by atoms with Crippen LogP contribution in [0.1, 0.15) is 50.4 Å². The molecule has 0 bridgehead atoms. The van der Waals surface area contributed by atoms with E-state index in [1.165, 1.54) is 4.90 Å². The number of Topliss-reactive ketones (excluding diaryl/α,β-unsaturated/α-hetero) is 1. The van der Waals surface area contributed by atoms with Crippen molar-refractivity contribution < 1.29 is 29.1 Å². The summed E-state index contributed by atoms with van der Waals surface area (Å²) in [6.45, 7) is 13.7. The van der Waals surface area contributed by atoms with Crippen LogP contribution in [-0.2, 0) is 9.59 Å². The number of ketones is 1. The molecule has 1 unspecified atom stereocenters. The molecule has 35 heavy (non-hydrogen) atoms. The first kappa shape index (κ1) is 26.3. The number of hydrogen-bond donors (Lipinski definition) is 1. The summed E-state index contributed by atoms with van der Waals surface area (Å²) in [6, 6.07) is 11.6. The zero-order valence-corrected chi connectivity index (χ0v) is 21.3. The van der Waals surface area contributed by atoms with Gasteiger partial charge >= 0.3 is 0 Å². The van der Waals surface area contributed by atoms with E-state index in [0.29, 0.717) is 48.9 Å². The van der Waals surface area contributed by atoms with E-state index in [-0.39, 0.29) is 5.57 Å². The minimum absolute atomic E-state index is 0.0139. The van der Waals surface area contributed by atoms with E-state index < -0.39 is 23.5 Å². The van der Waals surface area contributed by atoms with Gasteiger partial charge in [-0.3, -0.25) is 9.59 Å². The number of amides is 1. The average Bonchev–Trinajstić information content (AvgIpc) is 3.11. The lowest BCUT2D eigenvalue weighted by atomic mass is 9.94. The zero-order chi connectivity index (χ0) is 25.5. The van der Waals surface area contributed by atoms with Crippen molar-refractivity contribution in [3.05, 3.63) is 64.7 Å². The van der Waals surface area contributed by atoms with Gasteiger partial charge in [0, 0.05) is 5.57 Å². The van der Waals surface area contributed by atoms with Gasteiger partial charge in [0.15, 0.2) is 11.5 Å². The van der Waals surface area contributed by atoms with Crippen LogP contribution in [0.2, 0.25) is 0 Å². The van der Waals surface area contributed by atoms with Crippen LogP contribution in [-0.4, -0.2) is 56.0 Å². The highest BCUT2D eigenvalue weighted by Gasteiger charge is 2.44. The van der Waals surface area contributed by atoms with Crippen LogP contribution < -0.4 is 19.5 Å². The second-order valence-corrected chi connectivity index (χ2v) is 8.62. The average molecular weight is 481 g/mol. The Bertz CT molecular complexity index is 1070. The summed E-state index contributed by atoms with van der Waals surface area (Å²) in [7, 11) is 0. The summed E-state index contributed by atoms with van der Waals surface area (Å²) in [5, 5.41) is 13.6. The SMILES string of the molecule is CCOc1ccc(C2C(=C([O-])c3ccc(C)cc3)C(=O)C(=O)N2CC[NH+](CC)CC)cc1OCC. The molecule has 0 spiro atoms. The fraction of sp³-hybridized carbons (Fsp3) is 0.429. The van der Waals surface area contributed by atoms with Crippen LogP contribution in [0.25, 0.3) is 5.76 Å². The minimum Gasteiger partial charge on any atom is -0.872 e. The molecule has 1 aliphatic rings. The first-order chi connectivity index (χ1) is 16.9. The molecule has 2 aromatic rings. The first-order valence-electron chi connectivity index (χ1n) is 12.4. The zero-order valence-electron chi connectivity index (χ0n) is 21.3. The number of aryl methyl sites for hydroxylation is 1. The van der Waals surface area contributed by atoms with E-state index in [4.69, 9.17) is 9.47 Å². The van der Waals surface area contributed by atoms with Crippen LogP contribution >= 0.6 is 0 Å². The molecule has 0 aliphatic carbocycles. The number of likely N-dealkylation sites (tertiary alicyclic amines) is 1. The molecule has 1 saturated heterocycles. The number of nitrogens with zero attached hydrogens (tertiary/aromatic N) is 1. The van der Waals surface area contributed by atoms with Crippen molar-refractivity contribution in [3.63, 3.8) is 0 Å². The second kappa shape index (κ2) is 11.9. The Hall–Kier alpha value is -3.32. The van der Waals surface area contributed by atoms with Gasteiger partial charge in [0.1, 0.15) is 0 Å². The molecule has 0 saturated carbocycles. The van der Waals surface area contributed by atoms with Gasteiger partial charge in [0.05, 0.1) is 45.4 Å². The Balaban J connectivity index is 2.14. The standard InChI is InChI=1S/C28H36N2O5/c1-6-29(7-2)16-17-30-25(21-14-15-22(34-8-3)23(18-21)35-9-4)24(27(32)28(30)33)26(31)20-12-10-19(5)11-13-20/h10-15,18,25,31H,6-9,16-17H2,1-5H3. The predicted molar refractivity (Wildman–Crippen MR) is 133 cm³/mol. The van der Waals surface area contributed by atoms with Crippen LogP contribution in [0, 0.1) is 6.92 Å². The Morgan fingerprint density at radius 1 is 0.943 bits per heavy atom. The lowest BCUT2D eigenvalue weighted by Crippen LogP contribution is -3.12. The molecule has 1 amide bonds.